The van der Waals surface area contributed by atoms with E-state index in [0.717, 1.165) is 24.1 Å². The lowest BCUT2D eigenvalue weighted by Crippen LogP contribution is -2.24. The van der Waals surface area contributed by atoms with Gasteiger partial charge in [-0.1, -0.05) is 43.3 Å². The molecule has 0 saturated heterocycles. The maximum absolute atomic E-state index is 12.4. The molecule has 1 heterocycles. The van der Waals surface area contributed by atoms with Gasteiger partial charge < -0.3 is 10.6 Å². The zero-order valence-corrected chi connectivity index (χ0v) is 20.0. The fraction of sp³-hybridized carbons (Fsp3) is 0.292. The van der Waals surface area contributed by atoms with E-state index in [0.29, 0.717) is 23.8 Å². The van der Waals surface area contributed by atoms with Gasteiger partial charge in [-0.15, -0.1) is 11.8 Å². The Bertz CT molecular complexity index is 1030. The Labute approximate surface area is 197 Å². The number of hydrogen-bond donors (Lipinski definition) is 2. The van der Waals surface area contributed by atoms with Crippen molar-refractivity contribution in [2.24, 2.45) is 0 Å². The highest BCUT2D eigenvalue weighted by molar-refractivity contribution is 7.99. The molecule has 0 aliphatic rings. The molecule has 2 N–H and O–H groups in total. The highest BCUT2D eigenvalue weighted by Gasteiger charge is 2.11. The van der Waals surface area contributed by atoms with E-state index in [-0.39, 0.29) is 17.6 Å². The van der Waals surface area contributed by atoms with Gasteiger partial charge in [-0.05, 0) is 48.6 Å². The Morgan fingerprint density at radius 3 is 2.66 bits per heavy atom. The van der Waals surface area contributed by atoms with E-state index in [1.54, 1.807) is 24.0 Å². The molecule has 0 radical (unpaired) electrons. The van der Waals surface area contributed by atoms with Crippen molar-refractivity contribution in [1.29, 1.82) is 0 Å². The molecular formula is C24H28N4O2S2. The molecule has 0 unspecified atom stereocenters. The molecule has 8 heteroatoms. The van der Waals surface area contributed by atoms with Crippen molar-refractivity contribution in [3.63, 3.8) is 0 Å². The van der Waals surface area contributed by atoms with Gasteiger partial charge in [0.2, 0.25) is 5.91 Å². The van der Waals surface area contributed by atoms with Gasteiger partial charge in [0.15, 0.2) is 5.16 Å². The van der Waals surface area contributed by atoms with Crippen LogP contribution in [0.3, 0.4) is 0 Å². The summed E-state index contributed by atoms with van der Waals surface area (Å²) in [6.45, 7) is 3.26. The Morgan fingerprint density at radius 2 is 1.91 bits per heavy atom. The van der Waals surface area contributed by atoms with Gasteiger partial charge in [0.05, 0.1) is 5.75 Å². The second-order valence-corrected chi connectivity index (χ2v) is 8.98. The van der Waals surface area contributed by atoms with Crippen molar-refractivity contribution in [2.75, 3.05) is 18.6 Å². The Kier molecular flexibility index (Phi) is 9.25. The van der Waals surface area contributed by atoms with Gasteiger partial charge in [-0.3, -0.25) is 14.2 Å². The molecule has 168 valence electrons. The monoisotopic (exact) mass is 468 g/mol. The van der Waals surface area contributed by atoms with Crippen molar-refractivity contribution in [2.45, 2.75) is 36.4 Å². The minimum atomic E-state index is -0.0837. The number of carbonyl (C=O) groups excluding carboxylic acids is 2. The Balaban J connectivity index is 1.56. The molecular weight excluding hydrogens is 440 g/mol. The molecule has 0 atom stereocenters. The van der Waals surface area contributed by atoms with Gasteiger partial charge in [0.1, 0.15) is 0 Å². The van der Waals surface area contributed by atoms with E-state index in [9.17, 15) is 9.59 Å². The van der Waals surface area contributed by atoms with E-state index >= 15 is 0 Å². The topological polar surface area (TPSA) is 76.0 Å². The molecule has 0 saturated carbocycles. The fourth-order valence-electron chi connectivity index (χ4n) is 3.00. The van der Waals surface area contributed by atoms with Crippen LogP contribution in [0.1, 0.15) is 35.7 Å². The second-order valence-electron chi connectivity index (χ2n) is 7.15. The van der Waals surface area contributed by atoms with Crippen LogP contribution in [0.2, 0.25) is 0 Å². The van der Waals surface area contributed by atoms with Crippen molar-refractivity contribution in [3.8, 4) is 5.69 Å². The number of amides is 2. The van der Waals surface area contributed by atoms with Gasteiger partial charge in [0, 0.05) is 41.6 Å². The second kappa shape index (κ2) is 12.4. The summed E-state index contributed by atoms with van der Waals surface area (Å²) in [5.41, 5.74) is 2.51. The fourth-order valence-corrected chi connectivity index (χ4v) is 4.21. The summed E-state index contributed by atoms with van der Waals surface area (Å²) in [4.78, 5) is 30.3. The highest BCUT2D eigenvalue weighted by Crippen LogP contribution is 2.21. The molecule has 0 aliphatic heterocycles. The molecule has 32 heavy (non-hydrogen) atoms. The first-order valence-electron chi connectivity index (χ1n) is 10.5. The summed E-state index contributed by atoms with van der Waals surface area (Å²) in [7, 11) is 0. The standard InChI is InChI=1S/C24H28N4O2S2/c1-3-4-12-25-23(30)19-6-5-7-20(15-19)28-14-13-26-24(28)32-17-22(29)27-16-18-8-10-21(31-2)11-9-18/h5-11,13-15H,3-4,12,16-17H2,1-2H3,(H,25,30)(H,27,29). The van der Waals surface area contributed by atoms with Crippen LogP contribution >= 0.6 is 23.5 Å². The molecule has 0 fully saturated rings. The Morgan fingerprint density at radius 1 is 1.09 bits per heavy atom. The first-order chi connectivity index (χ1) is 15.6. The summed E-state index contributed by atoms with van der Waals surface area (Å²) in [6, 6.07) is 15.6. The third kappa shape index (κ3) is 6.90. The number of nitrogens with one attached hydrogen (secondary N) is 2. The van der Waals surface area contributed by atoms with E-state index in [1.165, 1.54) is 16.7 Å². The van der Waals surface area contributed by atoms with E-state index < -0.39 is 0 Å². The smallest absolute Gasteiger partial charge is 0.251 e. The number of rotatable bonds is 11. The maximum Gasteiger partial charge on any atom is 0.251 e. The van der Waals surface area contributed by atoms with Crippen molar-refractivity contribution in [3.05, 3.63) is 72.1 Å². The van der Waals surface area contributed by atoms with Crippen LogP contribution in [0.5, 0.6) is 0 Å². The predicted octanol–water partition coefficient (Wildman–Crippen LogP) is 4.53. The molecule has 6 nitrogen and oxygen atoms in total. The molecule has 2 aromatic carbocycles. The first-order valence-corrected chi connectivity index (χ1v) is 12.8. The van der Waals surface area contributed by atoms with Crippen LogP contribution < -0.4 is 10.6 Å². The lowest BCUT2D eigenvalue weighted by atomic mass is 10.2. The normalized spacial score (nSPS) is 10.7. The number of unbranched alkanes of at least 4 members (excludes halogenated alkanes) is 1. The predicted molar refractivity (Wildman–Crippen MR) is 132 cm³/mol. The molecule has 0 bridgehead atoms. The lowest BCUT2D eigenvalue weighted by Gasteiger charge is -2.10. The minimum Gasteiger partial charge on any atom is -0.352 e. The number of thioether (sulfide) groups is 2. The molecule has 3 aromatic rings. The van der Waals surface area contributed by atoms with Crippen molar-refractivity contribution < 1.29 is 9.59 Å². The first kappa shape index (κ1) is 23.9. The summed E-state index contributed by atoms with van der Waals surface area (Å²) >= 11 is 3.06. The number of nitrogens with zero attached hydrogens (tertiary/aromatic N) is 2. The third-order valence-corrected chi connectivity index (χ3v) is 6.50. The van der Waals surface area contributed by atoms with Crippen LogP contribution in [0.15, 0.2) is 71.0 Å². The molecule has 1 aromatic heterocycles. The number of aromatic nitrogens is 2. The lowest BCUT2D eigenvalue weighted by molar-refractivity contribution is -0.118. The molecule has 0 spiro atoms. The van der Waals surface area contributed by atoms with E-state index in [2.05, 4.69) is 34.7 Å². The summed E-state index contributed by atoms with van der Waals surface area (Å²) in [6.07, 6.45) is 7.56. The van der Waals surface area contributed by atoms with Crippen molar-refractivity contribution in [1.82, 2.24) is 20.2 Å². The average molecular weight is 469 g/mol. The van der Waals surface area contributed by atoms with E-state index in [1.807, 2.05) is 47.4 Å². The summed E-state index contributed by atoms with van der Waals surface area (Å²) in [5.74, 6) is 0.124. The minimum absolute atomic E-state index is 0.0532. The van der Waals surface area contributed by atoms with Gasteiger partial charge in [-0.2, -0.15) is 0 Å². The van der Waals surface area contributed by atoms with Crippen LogP contribution in [-0.4, -0.2) is 39.9 Å². The van der Waals surface area contributed by atoms with Gasteiger partial charge >= 0.3 is 0 Å². The largest absolute Gasteiger partial charge is 0.352 e. The van der Waals surface area contributed by atoms with Crippen LogP contribution in [0, 0.1) is 0 Å². The van der Waals surface area contributed by atoms with Gasteiger partial charge in [0.25, 0.3) is 5.91 Å². The van der Waals surface area contributed by atoms with Crippen LogP contribution in [0.4, 0.5) is 0 Å². The average Bonchev–Trinajstić information content (AvgIpc) is 3.30. The number of carbonyl (C=O) groups is 2. The van der Waals surface area contributed by atoms with E-state index in [4.69, 9.17) is 0 Å². The zero-order chi connectivity index (χ0) is 22.8. The van der Waals surface area contributed by atoms with Gasteiger partial charge in [-0.25, -0.2) is 4.98 Å². The third-order valence-electron chi connectivity index (χ3n) is 4.79. The quantitative estimate of drug-likeness (QED) is 0.319. The Hall–Kier alpha value is -2.71. The SMILES string of the molecule is CCCCNC(=O)c1cccc(-n2ccnc2SCC(=O)NCc2ccc(SC)cc2)c1. The van der Waals surface area contributed by atoms with Crippen LogP contribution in [0.25, 0.3) is 5.69 Å². The van der Waals surface area contributed by atoms with Crippen LogP contribution in [-0.2, 0) is 11.3 Å². The number of hydrogen-bond acceptors (Lipinski definition) is 5. The van der Waals surface area contributed by atoms with Crippen molar-refractivity contribution >= 4 is 35.3 Å². The maximum atomic E-state index is 12.4. The summed E-state index contributed by atoms with van der Waals surface area (Å²) < 4.78 is 1.89. The number of benzene rings is 2. The highest BCUT2D eigenvalue weighted by atomic mass is 32.2. The molecule has 2 amide bonds. The molecule has 0 aliphatic carbocycles. The molecule has 3 rings (SSSR count). The summed E-state index contributed by atoms with van der Waals surface area (Å²) in [5, 5.41) is 6.59. The number of imidazole rings is 1. The zero-order valence-electron chi connectivity index (χ0n) is 18.3.